The zero-order chi connectivity index (χ0) is 24.3. The molecule has 1 N–H and O–H groups in total. The Balaban J connectivity index is 1.53. The summed E-state index contributed by atoms with van der Waals surface area (Å²) in [5.41, 5.74) is 3.10. The van der Waals surface area contributed by atoms with E-state index in [1.54, 1.807) is 0 Å². The minimum absolute atomic E-state index is 0.0185. The van der Waals surface area contributed by atoms with Gasteiger partial charge in [-0.1, -0.05) is 85.4 Å². The summed E-state index contributed by atoms with van der Waals surface area (Å²) in [5, 5.41) is 3.11. The first-order valence-corrected chi connectivity index (χ1v) is 12.2. The Morgan fingerprint density at radius 2 is 1.66 bits per heavy atom. The minimum atomic E-state index is -0.885. The first kappa shape index (κ1) is 23.1. The predicted octanol–water partition coefficient (Wildman–Crippen LogP) is 4.91. The normalized spacial score (nSPS) is 23.2. The van der Waals surface area contributed by atoms with Gasteiger partial charge in [-0.05, 0) is 48.1 Å². The van der Waals surface area contributed by atoms with Crippen LogP contribution < -0.4 is 10.2 Å². The third-order valence-corrected chi connectivity index (χ3v) is 7.24. The molecule has 0 aromatic heterocycles. The lowest BCUT2D eigenvalue weighted by Crippen LogP contribution is -2.63. The Morgan fingerprint density at radius 3 is 2.37 bits per heavy atom. The van der Waals surface area contributed by atoms with Crippen LogP contribution in [0.15, 0.2) is 97.6 Å². The van der Waals surface area contributed by atoms with Crippen molar-refractivity contribution < 1.29 is 14.3 Å². The molecule has 5 nitrogen and oxygen atoms in total. The number of carbonyl (C=O) groups is 2. The van der Waals surface area contributed by atoms with Crippen molar-refractivity contribution in [3.05, 3.63) is 114 Å². The molecule has 1 fully saturated rings. The highest BCUT2D eigenvalue weighted by atomic mass is 16.5. The zero-order valence-corrected chi connectivity index (χ0v) is 19.7. The van der Waals surface area contributed by atoms with Crippen LogP contribution in [0.3, 0.4) is 0 Å². The standard InChI is InChI=1S/C30H30N2O3/c1-2-27(33)31-28-26(35-21-23-14-7-4-8-15-23)18-11-19-30(28)24-16-9-10-17-25(24)32(29(30)34)20-22-12-5-3-6-13-22/h2-10,12-17,26,28H,1,11,18-21H2,(H,31,33)/t26-,28+,30+/m1/s1. The van der Waals surface area contributed by atoms with Crippen molar-refractivity contribution in [3.63, 3.8) is 0 Å². The number of carbonyl (C=O) groups excluding carboxylic acids is 2. The van der Waals surface area contributed by atoms with E-state index >= 15 is 0 Å². The van der Waals surface area contributed by atoms with Gasteiger partial charge < -0.3 is 15.0 Å². The summed E-state index contributed by atoms with van der Waals surface area (Å²) in [5.74, 6) is -0.277. The van der Waals surface area contributed by atoms with E-state index in [0.29, 0.717) is 19.6 Å². The number of nitrogens with zero attached hydrogens (tertiary/aromatic N) is 1. The molecule has 5 rings (SSSR count). The lowest BCUT2D eigenvalue weighted by Gasteiger charge is -2.45. The maximum absolute atomic E-state index is 14.3. The molecule has 35 heavy (non-hydrogen) atoms. The van der Waals surface area contributed by atoms with Gasteiger partial charge in [0, 0.05) is 5.69 Å². The van der Waals surface area contributed by atoms with Crippen LogP contribution in [-0.4, -0.2) is 24.0 Å². The van der Waals surface area contributed by atoms with Gasteiger partial charge in [-0.2, -0.15) is 0 Å². The van der Waals surface area contributed by atoms with Crippen LogP contribution in [0.1, 0.15) is 36.0 Å². The van der Waals surface area contributed by atoms with E-state index in [1.807, 2.05) is 89.8 Å². The average molecular weight is 467 g/mol. The molecule has 1 aliphatic carbocycles. The van der Waals surface area contributed by atoms with E-state index in [-0.39, 0.29) is 17.9 Å². The summed E-state index contributed by atoms with van der Waals surface area (Å²) < 4.78 is 6.41. The van der Waals surface area contributed by atoms with Gasteiger partial charge in [0.1, 0.15) is 0 Å². The van der Waals surface area contributed by atoms with Gasteiger partial charge in [-0.3, -0.25) is 9.59 Å². The number of amides is 2. The van der Waals surface area contributed by atoms with E-state index in [4.69, 9.17) is 4.74 Å². The van der Waals surface area contributed by atoms with E-state index in [1.165, 1.54) is 6.08 Å². The fourth-order valence-corrected chi connectivity index (χ4v) is 5.62. The average Bonchev–Trinajstić information content (AvgIpc) is 3.13. The van der Waals surface area contributed by atoms with Crippen LogP contribution in [0, 0.1) is 0 Å². The molecule has 178 valence electrons. The van der Waals surface area contributed by atoms with Crippen molar-refractivity contribution >= 4 is 17.5 Å². The number of anilines is 1. The number of benzene rings is 3. The van der Waals surface area contributed by atoms with Crippen molar-refractivity contribution in [1.29, 1.82) is 0 Å². The number of ether oxygens (including phenoxy) is 1. The number of para-hydroxylation sites is 1. The molecule has 3 aromatic rings. The Hall–Kier alpha value is -3.70. The molecule has 0 unspecified atom stereocenters. The van der Waals surface area contributed by atoms with Gasteiger partial charge >= 0.3 is 0 Å². The molecule has 1 aliphatic heterocycles. The summed E-state index contributed by atoms with van der Waals surface area (Å²) >= 11 is 0. The maximum Gasteiger partial charge on any atom is 0.243 e. The van der Waals surface area contributed by atoms with Gasteiger partial charge in [0.15, 0.2) is 0 Å². The smallest absolute Gasteiger partial charge is 0.243 e. The third kappa shape index (κ3) is 4.28. The van der Waals surface area contributed by atoms with Gasteiger partial charge in [0.05, 0.1) is 30.7 Å². The second-order valence-corrected chi connectivity index (χ2v) is 9.28. The van der Waals surface area contributed by atoms with E-state index in [2.05, 4.69) is 11.9 Å². The van der Waals surface area contributed by atoms with Crippen molar-refractivity contribution in [1.82, 2.24) is 5.32 Å². The lowest BCUT2D eigenvalue weighted by atomic mass is 9.65. The molecule has 3 aromatic carbocycles. The van der Waals surface area contributed by atoms with Gasteiger partial charge in [0.25, 0.3) is 0 Å². The zero-order valence-electron chi connectivity index (χ0n) is 19.7. The Labute approximate surface area is 206 Å². The SMILES string of the molecule is C=CC(=O)N[C@H]1[C@H](OCc2ccccc2)CCC[C@@]12C(=O)N(Cc1ccccc1)c1ccccc12. The highest BCUT2D eigenvalue weighted by Gasteiger charge is 2.59. The Morgan fingerprint density at radius 1 is 1.00 bits per heavy atom. The van der Waals surface area contributed by atoms with Crippen molar-refractivity contribution in [2.45, 2.75) is 50.0 Å². The van der Waals surface area contributed by atoms with Crippen LogP contribution >= 0.6 is 0 Å². The van der Waals surface area contributed by atoms with Crippen molar-refractivity contribution in [2.24, 2.45) is 0 Å². The lowest BCUT2D eigenvalue weighted by molar-refractivity contribution is -0.132. The van der Waals surface area contributed by atoms with Crippen LogP contribution in [-0.2, 0) is 32.9 Å². The fourth-order valence-electron chi connectivity index (χ4n) is 5.62. The molecule has 5 heteroatoms. The molecular formula is C30H30N2O3. The molecule has 2 amide bonds. The number of hydrogen-bond donors (Lipinski definition) is 1. The highest BCUT2D eigenvalue weighted by Crippen LogP contribution is 2.51. The fraction of sp³-hybridized carbons (Fsp3) is 0.267. The second kappa shape index (κ2) is 9.88. The Bertz CT molecular complexity index is 1210. The second-order valence-electron chi connectivity index (χ2n) is 9.28. The van der Waals surface area contributed by atoms with Gasteiger partial charge in [0.2, 0.25) is 11.8 Å². The highest BCUT2D eigenvalue weighted by molar-refractivity contribution is 6.09. The molecule has 1 spiro atoms. The molecular weight excluding hydrogens is 436 g/mol. The van der Waals surface area contributed by atoms with Crippen LogP contribution in [0.4, 0.5) is 5.69 Å². The quantitative estimate of drug-likeness (QED) is 0.504. The molecule has 1 heterocycles. The van der Waals surface area contributed by atoms with Crippen LogP contribution in [0.2, 0.25) is 0 Å². The Kier molecular flexibility index (Phi) is 6.51. The van der Waals surface area contributed by atoms with Crippen LogP contribution in [0.25, 0.3) is 0 Å². The summed E-state index contributed by atoms with van der Waals surface area (Å²) in [4.78, 5) is 28.8. The number of rotatable bonds is 7. The first-order valence-electron chi connectivity index (χ1n) is 12.2. The number of hydrogen-bond acceptors (Lipinski definition) is 3. The van der Waals surface area contributed by atoms with Gasteiger partial charge in [-0.15, -0.1) is 0 Å². The molecule has 3 atom stereocenters. The van der Waals surface area contributed by atoms with Crippen molar-refractivity contribution in [2.75, 3.05) is 4.90 Å². The van der Waals surface area contributed by atoms with Crippen LogP contribution in [0.5, 0.6) is 0 Å². The minimum Gasteiger partial charge on any atom is -0.371 e. The summed E-state index contributed by atoms with van der Waals surface area (Å²) in [6.45, 7) is 4.55. The summed E-state index contributed by atoms with van der Waals surface area (Å²) in [6.07, 6.45) is 3.22. The monoisotopic (exact) mass is 466 g/mol. The molecule has 2 aliphatic rings. The largest absolute Gasteiger partial charge is 0.371 e. The molecule has 1 saturated carbocycles. The summed E-state index contributed by atoms with van der Waals surface area (Å²) in [6, 6.07) is 27.5. The maximum atomic E-state index is 14.3. The molecule has 0 saturated heterocycles. The number of fused-ring (bicyclic) bond motifs is 2. The topological polar surface area (TPSA) is 58.6 Å². The number of nitrogens with one attached hydrogen (secondary N) is 1. The van der Waals surface area contributed by atoms with E-state index in [9.17, 15) is 9.59 Å². The molecule has 0 radical (unpaired) electrons. The molecule has 0 bridgehead atoms. The van der Waals surface area contributed by atoms with Crippen molar-refractivity contribution in [3.8, 4) is 0 Å². The summed E-state index contributed by atoms with van der Waals surface area (Å²) in [7, 11) is 0. The third-order valence-electron chi connectivity index (χ3n) is 7.24. The first-order chi connectivity index (χ1) is 17.1. The predicted molar refractivity (Wildman–Crippen MR) is 137 cm³/mol. The van der Waals surface area contributed by atoms with Gasteiger partial charge in [-0.25, -0.2) is 0 Å². The van der Waals surface area contributed by atoms with E-state index in [0.717, 1.165) is 35.2 Å². The van der Waals surface area contributed by atoms with E-state index < -0.39 is 11.5 Å².